The summed E-state index contributed by atoms with van der Waals surface area (Å²) >= 11 is 0. The number of benzene rings is 1. The van der Waals surface area contributed by atoms with E-state index >= 15 is 0 Å². The fraction of sp³-hybridized carbons (Fsp3) is 0.0625. The molecule has 1 aromatic carbocycles. The number of aromatic amines is 1. The molecule has 0 unspecified atom stereocenters. The van der Waals surface area contributed by atoms with Crippen LogP contribution in [0.25, 0.3) is 17.1 Å². The number of amides is 1. The Balaban J connectivity index is 1.68. The van der Waals surface area contributed by atoms with Crippen molar-refractivity contribution in [3.63, 3.8) is 0 Å². The quantitative estimate of drug-likeness (QED) is 0.727. The minimum atomic E-state index is -0.696. The van der Waals surface area contributed by atoms with Crippen molar-refractivity contribution in [2.75, 3.05) is 0 Å². The maximum absolute atomic E-state index is 13.5. The second-order valence-corrected chi connectivity index (χ2v) is 4.76. The number of nitrogens with zero attached hydrogens (tertiary/aromatic N) is 2. The van der Waals surface area contributed by atoms with E-state index in [-0.39, 0.29) is 12.1 Å². The minimum absolute atomic E-state index is 0.177. The van der Waals surface area contributed by atoms with Crippen molar-refractivity contribution in [3.05, 3.63) is 65.5 Å². The zero-order valence-electron chi connectivity index (χ0n) is 11.9. The Morgan fingerprint density at radius 3 is 2.78 bits per heavy atom. The molecule has 2 heterocycles. The number of hydrogen-bond acceptors (Lipinski definition) is 3. The zero-order valence-corrected chi connectivity index (χ0v) is 11.9. The zero-order chi connectivity index (χ0) is 16.2. The minimum Gasteiger partial charge on any atom is -0.348 e. The monoisotopic (exact) mass is 314 g/mol. The fourth-order valence-electron chi connectivity index (χ4n) is 2.09. The van der Waals surface area contributed by atoms with Crippen molar-refractivity contribution in [1.29, 1.82) is 0 Å². The van der Waals surface area contributed by atoms with Gasteiger partial charge in [0.05, 0.1) is 5.69 Å². The first-order chi connectivity index (χ1) is 11.1. The third kappa shape index (κ3) is 3.23. The summed E-state index contributed by atoms with van der Waals surface area (Å²) in [4.78, 5) is 15.9. The van der Waals surface area contributed by atoms with E-state index in [2.05, 4.69) is 20.5 Å². The topological polar surface area (TPSA) is 70.7 Å². The van der Waals surface area contributed by atoms with Crippen LogP contribution >= 0.6 is 0 Å². The lowest BCUT2D eigenvalue weighted by atomic mass is 10.2. The molecule has 23 heavy (non-hydrogen) atoms. The van der Waals surface area contributed by atoms with E-state index in [1.807, 2.05) is 6.07 Å². The van der Waals surface area contributed by atoms with Gasteiger partial charge in [0.1, 0.15) is 11.6 Å². The Morgan fingerprint density at radius 2 is 2.00 bits per heavy atom. The molecule has 7 heteroatoms. The van der Waals surface area contributed by atoms with Gasteiger partial charge in [0.25, 0.3) is 0 Å². The first-order valence-electron chi connectivity index (χ1n) is 6.83. The molecule has 0 bridgehead atoms. The van der Waals surface area contributed by atoms with Crippen molar-refractivity contribution < 1.29 is 13.6 Å². The van der Waals surface area contributed by atoms with Crippen LogP contribution in [0.5, 0.6) is 0 Å². The van der Waals surface area contributed by atoms with Gasteiger partial charge in [-0.1, -0.05) is 6.07 Å². The summed E-state index contributed by atoms with van der Waals surface area (Å²) in [7, 11) is 0. The molecule has 1 amide bonds. The number of fused-ring (bicyclic) bond motifs is 1. The molecule has 0 atom stereocenters. The van der Waals surface area contributed by atoms with Crippen LogP contribution in [0.15, 0.2) is 42.6 Å². The summed E-state index contributed by atoms with van der Waals surface area (Å²) in [6.07, 6.45) is 4.39. The van der Waals surface area contributed by atoms with Gasteiger partial charge >= 0.3 is 0 Å². The van der Waals surface area contributed by atoms with Gasteiger partial charge in [-0.05, 0) is 30.3 Å². The number of halogens is 2. The number of rotatable bonds is 4. The third-order valence-corrected chi connectivity index (χ3v) is 3.26. The van der Waals surface area contributed by atoms with Crippen LogP contribution in [0.3, 0.4) is 0 Å². The smallest absolute Gasteiger partial charge is 0.244 e. The normalized spacial score (nSPS) is 11.2. The van der Waals surface area contributed by atoms with Crippen LogP contribution in [-0.2, 0) is 11.3 Å². The van der Waals surface area contributed by atoms with Crippen molar-refractivity contribution in [2.24, 2.45) is 0 Å². The molecular formula is C16H12F2N4O. The van der Waals surface area contributed by atoms with Crippen molar-refractivity contribution in [3.8, 4) is 0 Å². The summed E-state index contributed by atoms with van der Waals surface area (Å²) in [5, 5.41) is 9.99. The number of nitrogens with one attached hydrogen (secondary N) is 2. The molecule has 0 aliphatic heterocycles. The van der Waals surface area contributed by atoms with Gasteiger partial charge in [0.15, 0.2) is 5.65 Å². The predicted molar refractivity (Wildman–Crippen MR) is 81.1 cm³/mol. The van der Waals surface area contributed by atoms with E-state index in [9.17, 15) is 13.6 Å². The number of hydrogen-bond donors (Lipinski definition) is 2. The highest BCUT2D eigenvalue weighted by atomic mass is 19.1. The largest absolute Gasteiger partial charge is 0.348 e. The Hall–Kier alpha value is -3.09. The molecular weight excluding hydrogens is 302 g/mol. The number of H-pyrrole nitrogens is 1. The van der Waals surface area contributed by atoms with Crippen LogP contribution < -0.4 is 5.32 Å². The molecule has 0 spiro atoms. The highest BCUT2D eigenvalue weighted by Crippen LogP contribution is 2.14. The SMILES string of the molecule is O=C(C=Cc1n[nH]c2ncccc12)NCc1c(F)cccc1F. The van der Waals surface area contributed by atoms with Gasteiger partial charge in [-0.2, -0.15) is 5.10 Å². The Labute approximate surface area is 130 Å². The van der Waals surface area contributed by atoms with Gasteiger partial charge in [0.2, 0.25) is 5.91 Å². The van der Waals surface area contributed by atoms with E-state index in [4.69, 9.17) is 0 Å². The summed E-state index contributed by atoms with van der Waals surface area (Å²) < 4.78 is 26.9. The Kier molecular flexibility index (Phi) is 4.09. The number of pyridine rings is 1. The molecule has 2 N–H and O–H groups in total. The summed E-state index contributed by atoms with van der Waals surface area (Å²) in [5.74, 6) is -1.87. The average Bonchev–Trinajstić information content (AvgIpc) is 2.96. The predicted octanol–water partition coefficient (Wildman–Crippen LogP) is 2.57. The molecule has 0 saturated carbocycles. The van der Waals surface area contributed by atoms with E-state index in [1.54, 1.807) is 12.3 Å². The van der Waals surface area contributed by atoms with E-state index < -0.39 is 17.5 Å². The van der Waals surface area contributed by atoms with Crippen molar-refractivity contribution in [1.82, 2.24) is 20.5 Å². The van der Waals surface area contributed by atoms with Gasteiger partial charge in [-0.25, -0.2) is 13.8 Å². The van der Waals surface area contributed by atoms with Crippen LogP contribution in [-0.4, -0.2) is 21.1 Å². The van der Waals surface area contributed by atoms with E-state index in [0.29, 0.717) is 11.3 Å². The molecule has 0 aliphatic carbocycles. The summed E-state index contributed by atoms with van der Waals surface area (Å²) in [6.45, 7) is -0.232. The molecule has 3 rings (SSSR count). The highest BCUT2D eigenvalue weighted by molar-refractivity contribution is 5.94. The number of carbonyl (C=O) groups is 1. The van der Waals surface area contributed by atoms with Gasteiger partial charge in [-0.3, -0.25) is 9.89 Å². The number of carbonyl (C=O) groups excluding carboxylic acids is 1. The van der Waals surface area contributed by atoms with Gasteiger partial charge < -0.3 is 5.32 Å². The Morgan fingerprint density at radius 1 is 1.22 bits per heavy atom. The van der Waals surface area contributed by atoms with E-state index in [1.165, 1.54) is 18.2 Å². The van der Waals surface area contributed by atoms with Gasteiger partial charge in [0, 0.05) is 29.8 Å². The molecule has 5 nitrogen and oxygen atoms in total. The Bertz CT molecular complexity index is 868. The summed E-state index contributed by atoms with van der Waals surface area (Å²) in [5.41, 5.74) is 0.991. The van der Waals surface area contributed by atoms with Crippen LogP contribution in [0.2, 0.25) is 0 Å². The van der Waals surface area contributed by atoms with Crippen LogP contribution in [0, 0.1) is 11.6 Å². The standard InChI is InChI=1S/C16H12F2N4O/c17-12-4-1-5-13(18)11(12)9-20-15(23)7-6-14-10-3-2-8-19-16(10)22-21-14/h1-8H,9H2,(H,20,23)(H,19,21,22). The molecule has 0 saturated heterocycles. The fourth-order valence-corrected chi connectivity index (χ4v) is 2.09. The molecule has 3 aromatic rings. The first-order valence-corrected chi connectivity index (χ1v) is 6.83. The van der Waals surface area contributed by atoms with Crippen molar-refractivity contribution in [2.45, 2.75) is 6.54 Å². The van der Waals surface area contributed by atoms with E-state index in [0.717, 1.165) is 17.5 Å². The lowest BCUT2D eigenvalue weighted by Crippen LogP contribution is -2.21. The molecule has 116 valence electrons. The maximum atomic E-state index is 13.5. The van der Waals surface area contributed by atoms with Crippen LogP contribution in [0.1, 0.15) is 11.3 Å². The molecule has 0 fully saturated rings. The highest BCUT2D eigenvalue weighted by Gasteiger charge is 2.09. The lowest BCUT2D eigenvalue weighted by molar-refractivity contribution is -0.116. The average molecular weight is 314 g/mol. The maximum Gasteiger partial charge on any atom is 0.244 e. The second-order valence-electron chi connectivity index (χ2n) is 4.76. The molecule has 0 radical (unpaired) electrons. The molecule has 2 aromatic heterocycles. The third-order valence-electron chi connectivity index (χ3n) is 3.26. The summed E-state index contributed by atoms with van der Waals surface area (Å²) in [6, 6.07) is 7.13. The molecule has 0 aliphatic rings. The lowest BCUT2D eigenvalue weighted by Gasteiger charge is -2.05. The number of aromatic nitrogens is 3. The van der Waals surface area contributed by atoms with Crippen LogP contribution in [0.4, 0.5) is 8.78 Å². The van der Waals surface area contributed by atoms with Gasteiger partial charge in [-0.15, -0.1) is 0 Å². The first kappa shape index (κ1) is 14.8. The second kappa shape index (κ2) is 6.35. The van der Waals surface area contributed by atoms with Crippen molar-refractivity contribution >= 4 is 23.0 Å².